The quantitative estimate of drug-likeness (QED) is 0.314. The summed E-state index contributed by atoms with van der Waals surface area (Å²) in [5.74, 6) is -1.54. The number of thioether (sulfide) groups is 2. The molecule has 2 N–H and O–H groups in total. The Bertz CT molecular complexity index is 1500. The molecule has 0 aliphatic carbocycles. The topological polar surface area (TPSA) is 104 Å². The Balaban J connectivity index is 1.30. The lowest BCUT2D eigenvalue weighted by Gasteiger charge is -2.49. The minimum atomic E-state index is -1.20. The van der Waals surface area contributed by atoms with E-state index >= 15 is 0 Å². The lowest BCUT2D eigenvalue weighted by Crippen LogP contribution is -2.70. The van der Waals surface area contributed by atoms with Crippen LogP contribution in [0, 0.1) is 0 Å². The first-order valence-corrected chi connectivity index (χ1v) is 14.6. The van der Waals surface area contributed by atoms with Crippen LogP contribution in [0.2, 0.25) is 5.02 Å². The van der Waals surface area contributed by atoms with Gasteiger partial charge in [0.2, 0.25) is 5.91 Å². The zero-order chi connectivity index (χ0) is 25.4. The molecule has 0 radical (unpaired) electrons. The van der Waals surface area contributed by atoms with Gasteiger partial charge in [-0.2, -0.15) is 0 Å². The number of nitrogens with one attached hydrogen (secondary N) is 1. The minimum absolute atomic E-state index is 0.0807. The van der Waals surface area contributed by atoms with Crippen LogP contribution in [0.5, 0.6) is 0 Å². The fraction of sp³-hybridized carbons (Fsp3) is 0.167. The molecule has 2 unspecified atom stereocenters. The van der Waals surface area contributed by atoms with Crippen molar-refractivity contribution in [3.05, 3.63) is 84.7 Å². The fourth-order valence-electron chi connectivity index (χ4n) is 3.92. The molecule has 184 valence electrons. The number of amides is 2. The van der Waals surface area contributed by atoms with Gasteiger partial charge in [-0.05, 0) is 46.7 Å². The zero-order valence-electron chi connectivity index (χ0n) is 18.3. The van der Waals surface area contributed by atoms with Crippen LogP contribution in [0.15, 0.2) is 73.5 Å². The van der Waals surface area contributed by atoms with E-state index < -0.39 is 23.3 Å². The number of fused-ring (bicyclic) bond motifs is 2. The van der Waals surface area contributed by atoms with Crippen molar-refractivity contribution in [2.24, 2.45) is 0 Å². The number of aliphatic carboxylic acids is 1. The monoisotopic (exact) mass is 576 g/mol. The average molecular weight is 577 g/mol. The third-order valence-electron chi connectivity index (χ3n) is 5.55. The molecule has 1 aromatic carbocycles. The van der Waals surface area contributed by atoms with Gasteiger partial charge in [0.25, 0.3) is 5.91 Å². The second-order valence-electron chi connectivity index (χ2n) is 7.88. The van der Waals surface area contributed by atoms with E-state index in [9.17, 15) is 24.3 Å². The number of hydrogen-bond donors (Lipinski definition) is 2. The van der Waals surface area contributed by atoms with Crippen LogP contribution < -0.4 is 10.7 Å². The van der Waals surface area contributed by atoms with Gasteiger partial charge in [-0.1, -0.05) is 29.4 Å². The summed E-state index contributed by atoms with van der Waals surface area (Å²) in [5, 5.41) is 16.9. The number of benzene rings is 1. The van der Waals surface area contributed by atoms with Crippen LogP contribution in [0.25, 0.3) is 10.1 Å². The molecule has 2 atom stereocenters. The number of thiophene rings is 1. The molecule has 0 saturated carbocycles. The molecule has 2 aliphatic rings. The van der Waals surface area contributed by atoms with Crippen molar-refractivity contribution in [1.29, 1.82) is 0 Å². The molecular weight excluding hydrogens is 560 g/mol. The second kappa shape index (κ2) is 10.4. The number of hydrogen-bond acceptors (Lipinski definition) is 8. The van der Waals surface area contributed by atoms with Crippen LogP contribution in [0.3, 0.4) is 0 Å². The number of carboxylic acids is 1. The molecule has 1 fully saturated rings. The molecule has 4 heterocycles. The maximum atomic E-state index is 12.8. The molecule has 0 bridgehead atoms. The molecule has 2 aliphatic heterocycles. The largest absolute Gasteiger partial charge is 0.477 e. The third kappa shape index (κ3) is 4.98. The number of carbonyl (C=O) groups excluding carboxylic acids is 2. The summed E-state index contributed by atoms with van der Waals surface area (Å²) in [7, 11) is 0. The first-order chi connectivity index (χ1) is 17.3. The van der Waals surface area contributed by atoms with E-state index in [-0.39, 0.29) is 23.5 Å². The van der Waals surface area contributed by atoms with Crippen molar-refractivity contribution < 1.29 is 19.5 Å². The molecule has 3 aromatic rings. The van der Waals surface area contributed by atoms with Crippen LogP contribution >= 0.6 is 57.8 Å². The van der Waals surface area contributed by atoms with Crippen molar-refractivity contribution in [3.8, 4) is 0 Å². The van der Waals surface area contributed by atoms with E-state index in [4.69, 9.17) is 11.6 Å². The molecule has 7 nitrogen and oxygen atoms in total. The maximum Gasteiger partial charge on any atom is 0.352 e. The summed E-state index contributed by atoms with van der Waals surface area (Å²) in [6.07, 6.45) is 1.84. The smallest absolute Gasteiger partial charge is 0.352 e. The van der Waals surface area contributed by atoms with Gasteiger partial charge in [-0.3, -0.25) is 19.3 Å². The summed E-state index contributed by atoms with van der Waals surface area (Å²) >= 11 is 11.6. The molecule has 2 amide bonds. The maximum absolute atomic E-state index is 12.8. The predicted octanol–water partition coefficient (Wildman–Crippen LogP) is 4.56. The number of nitrogens with zero attached hydrogens (tertiary/aromatic N) is 1. The molecule has 36 heavy (non-hydrogen) atoms. The fourth-order valence-corrected chi connectivity index (χ4v) is 8.19. The number of β-lactam (4-membered cyclic amide) rings is 1. The highest BCUT2D eigenvalue weighted by Crippen LogP contribution is 2.41. The Hall–Kier alpha value is -2.57. The van der Waals surface area contributed by atoms with Gasteiger partial charge >= 0.3 is 5.97 Å². The third-order valence-corrected chi connectivity index (χ3v) is 10.0. The summed E-state index contributed by atoms with van der Waals surface area (Å²) in [6, 6.07) is 9.60. The van der Waals surface area contributed by atoms with E-state index in [2.05, 4.69) is 5.32 Å². The zero-order valence-corrected chi connectivity index (χ0v) is 22.3. The van der Waals surface area contributed by atoms with Gasteiger partial charge in [0.05, 0.1) is 10.6 Å². The van der Waals surface area contributed by atoms with Crippen molar-refractivity contribution in [2.45, 2.75) is 22.0 Å². The SMILES string of the molecule is O=C(Cc1cccs1)NC1C(=O)N2C(C(=O)O)=C(/C=C/Sc3cc(=O)c4ccc(Cl)cc4s3)CSC12. The molecule has 5 rings (SSSR count). The minimum Gasteiger partial charge on any atom is -0.477 e. The van der Waals surface area contributed by atoms with Gasteiger partial charge in [-0.15, -0.1) is 34.4 Å². The van der Waals surface area contributed by atoms with Crippen LogP contribution in [0.4, 0.5) is 0 Å². The lowest BCUT2D eigenvalue weighted by molar-refractivity contribution is -0.150. The van der Waals surface area contributed by atoms with Crippen molar-refractivity contribution in [1.82, 2.24) is 10.2 Å². The molecule has 12 heteroatoms. The number of allylic oxidation sites excluding steroid dienone is 1. The summed E-state index contributed by atoms with van der Waals surface area (Å²) in [4.78, 5) is 51.8. The lowest BCUT2D eigenvalue weighted by atomic mass is 10.0. The van der Waals surface area contributed by atoms with Crippen molar-refractivity contribution in [3.63, 3.8) is 0 Å². The van der Waals surface area contributed by atoms with E-state index in [1.807, 2.05) is 17.5 Å². The van der Waals surface area contributed by atoms with Crippen LogP contribution in [0.1, 0.15) is 4.88 Å². The first kappa shape index (κ1) is 25.1. The Morgan fingerprint density at radius 3 is 2.83 bits per heavy atom. The standard InChI is InChI=1S/C24H17ClN2O5S4/c25-13-3-4-15-16(28)10-19(36-17(15)8-13)34-7-5-12-11-35-23-20(22(30)27(23)21(12)24(31)32)26-18(29)9-14-2-1-6-33-14/h1-8,10,20,23H,9,11H2,(H,26,29)(H,31,32)/b7-5+. The highest BCUT2D eigenvalue weighted by atomic mass is 35.5. The Morgan fingerprint density at radius 1 is 1.25 bits per heavy atom. The van der Waals surface area contributed by atoms with Crippen LogP contribution in [-0.4, -0.2) is 45.0 Å². The number of carboxylic acid groups (broad SMARTS) is 1. The molecular formula is C24H17ClN2O5S4. The van der Waals surface area contributed by atoms with E-state index in [1.54, 1.807) is 29.7 Å². The predicted molar refractivity (Wildman–Crippen MR) is 146 cm³/mol. The van der Waals surface area contributed by atoms with E-state index in [1.165, 1.54) is 57.2 Å². The molecule has 2 aromatic heterocycles. The average Bonchev–Trinajstić information content (AvgIpc) is 3.34. The second-order valence-corrected chi connectivity index (χ2v) is 12.7. The highest BCUT2D eigenvalue weighted by Gasteiger charge is 2.53. The summed E-state index contributed by atoms with van der Waals surface area (Å²) in [5.41, 5.74) is 0.295. The number of halogens is 1. The summed E-state index contributed by atoms with van der Waals surface area (Å²) in [6.45, 7) is 0. The first-order valence-electron chi connectivity index (χ1n) is 10.6. The van der Waals surface area contributed by atoms with E-state index in [0.717, 1.165) is 13.8 Å². The summed E-state index contributed by atoms with van der Waals surface area (Å²) < 4.78 is 1.50. The van der Waals surface area contributed by atoms with Crippen molar-refractivity contribution >= 4 is 85.7 Å². The van der Waals surface area contributed by atoms with Gasteiger partial charge in [0.15, 0.2) is 5.43 Å². The number of carbonyl (C=O) groups is 3. The Kier molecular flexibility index (Phi) is 7.27. The molecule has 1 saturated heterocycles. The molecule has 0 spiro atoms. The van der Waals surface area contributed by atoms with Gasteiger partial charge in [0.1, 0.15) is 17.1 Å². The van der Waals surface area contributed by atoms with Crippen LogP contribution in [-0.2, 0) is 20.8 Å². The number of rotatable bonds is 7. The Labute approximate surface area is 226 Å². The van der Waals surface area contributed by atoms with Crippen molar-refractivity contribution in [2.75, 3.05) is 5.75 Å². The van der Waals surface area contributed by atoms with Gasteiger partial charge in [-0.25, -0.2) is 4.79 Å². The normalized spacial score (nSPS) is 19.5. The Morgan fingerprint density at radius 2 is 2.08 bits per heavy atom. The van der Waals surface area contributed by atoms with Gasteiger partial charge < -0.3 is 10.4 Å². The van der Waals surface area contributed by atoms with E-state index in [0.29, 0.717) is 21.7 Å². The van der Waals surface area contributed by atoms with Gasteiger partial charge in [0, 0.05) is 31.8 Å². The highest BCUT2D eigenvalue weighted by molar-refractivity contribution is 8.04.